The number of unbranched alkanes of at least 4 members (excludes halogenated alkanes) is 10. The number of carbonyl (C=O) groups is 11. The van der Waals surface area contributed by atoms with Crippen LogP contribution in [0.25, 0.3) is 0 Å². The second-order valence-corrected chi connectivity index (χ2v) is 33.0. The lowest BCUT2D eigenvalue weighted by Gasteiger charge is -2.42. The Morgan fingerprint density at radius 1 is 0.368 bits per heavy atom. The molecule has 42 nitrogen and oxygen atoms in total. The zero-order valence-corrected chi connectivity index (χ0v) is 73.3. The summed E-state index contributed by atoms with van der Waals surface area (Å²) in [4.78, 5) is 142. The van der Waals surface area contributed by atoms with Crippen LogP contribution < -0.4 is 53.2 Å². The highest BCUT2D eigenvalue weighted by molar-refractivity contribution is 5.80. The van der Waals surface area contributed by atoms with Crippen molar-refractivity contribution in [3.63, 3.8) is 0 Å². The maximum atomic E-state index is 14.1. The van der Waals surface area contributed by atoms with E-state index in [2.05, 4.69) is 53.2 Å². The van der Waals surface area contributed by atoms with E-state index >= 15 is 0 Å². The molecule has 0 aromatic heterocycles. The number of likely N-dealkylation sites (tertiary alicyclic amines) is 1. The van der Waals surface area contributed by atoms with Gasteiger partial charge in [0.1, 0.15) is 78.6 Å². The Morgan fingerprint density at radius 3 is 0.960 bits per heavy atom. The van der Waals surface area contributed by atoms with Gasteiger partial charge in [-0.2, -0.15) is 0 Å². The monoisotopic (exact) mass is 1800 g/mol. The lowest BCUT2D eigenvalue weighted by molar-refractivity contribution is -0.270. The number of ether oxygens (including phenoxy) is 10. The van der Waals surface area contributed by atoms with Gasteiger partial charge in [-0.3, -0.25) is 52.7 Å². The minimum atomic E-state index is -1.47. The van der Waals surface area contributed by atoms with E-state index in [1.165, 1.54) is 20.8 Å². The summed E-state index contributed by atoms with van der Waals surface area (Å²) in [5, 5.41) is 129. The lowest BCUT2D eigenvalue weighted by Crippen LogP contribution is -2.64. The predicted molar refractivity (Wildman–Crippen MR) is 449 cm³/mol. The van der Waals surface area contributed by atoms with Crippen LogP contribution in [0.15, 0.2) is 0 Å². The van der Waals surface area contributed by atoms with Crippen molar-refractivity contribution in [1.29, 1.82) is 0 Å². The molecule has 15 unspecified atom stereocenters. The Balaban J connectivity index is 0.0000403. The Labute approximate surface area is 734 Å². The summed E-state index contributed by atoms with van der Waals surface area (Å²) in [6.45, 7) is 8.80. The van der Waals surface area contributed by atoms with Crippen molar-refractivity contribution >= 4 is 65.0 Å². The highest BCUT2D eigenvalue weighted by Gasteiger charge is 2.48. The van der Waals surface area contributed by atoms with Crippen molar-refractivity contribution < 1.29 is 151 Å². The second-order valence-electron chi connectivity index (χ2n) is 33.0. The first kappa shape index (κ1) is 113. The molecule has 0 bridgehead atoms. The maximum Gasteiger partial charge on any atom is 0.222 e. The highest BCUT2D eigenvalue weighted by Crippen LogP contribution is 2.28. The summed E-state index contributed by atoms with van der Waals surface area (Å²) in [5.41, 5.74) is -1.80. The van der Waals surface area contributed by atoms with Crippen LogP contribution in [0.1, 0.15) is 216 Å². The van der Waals surface area contributed by atoms with E-state index in [4.69, 9.17) is 47.4 Å². The van der Waals surface area contributed by atoms with Crippen LogP contribution in [0.5, 0.6) is 0 Å². The van der Waals surface area contributed by atoms with Gasteiger partial charge in [-0.1, -0.05) is 46.0 Å². The lowest BCUT2D eigenvalue weighted by atomic mass is 9.97. The fraction of sp³-hybridized carbons (Fsp3) is 0.867. The highest BCUT2D eigenvalue weighted by atomic mass is 16.7. The third-order valence-corrected chi connectivity index (χ3v) is 20.9. The van der Waals surface area contributed by atoms with E-state index in [1.54, 1.807) is 4.90 Å². The van der Waals surface area contributed by atoms with Gasteiger partial charge >= 0.3 is 0 Å². The van der Waals surface area contributed by atoms with Crippen LogP contribution in [0.3, 0.4) is 0 Å². The minimum Gasteiger partial charge on any atom is -0.394 e. The second kappa shape index (κ2) is 63.4. The van der Waals surface area contributed by atoms with Crippen molar-refractivity contribution in [3.8, 4) is 0 Å². The standard InChI is InChI=1S/C82H147N11O31.CH4/c1-53(97)89-69-75(112)72(109)58(46-94)122-78(69)118-38-18-15-24-61(101)83-32-21-35-86-64(104)29-41-115-50-82(92-67(107)27-13-11-9-7-8-10-12-14-28-68(108)93-45-57(100)44-56(93)49-121-81(4,5)6,51-116-42-30-65(105)87-36-22-33-84-62(102)25-16-19-39-119-79-70(90-54(2)98)76(113)73(110)59(47-95)123-79)52-117-43-31-66(106)88-37-23-34-85-63(103)26-17-20-40-120-80-71(91-55(3)99)77(114)74(111)60(48-96)124-80;/h56-60,69-80,94-96,100,109-114H,7-52H2,1-6H3,(H,83,101)(H,84,102)(H,85,103)(H,86,104)(H,87,105)(H,88,106)(H,89,97)(H,90,98)(H,91,99)(H,92,107);1H4/t56-,57+,58?,59?,60?,69?,70?,71?,72?,73?,74?,75?,76?,77?,78?,79?,80?,82?;/m0./s1. The molecular weight excluding hydrogens is 1650 g/mol. The number of hydrogen-bond donors (Lipinski definition) is 20. The van der Waals surface area contributed by atoms with Gasteiger partial charge in [0, 0.05) is 138 Å². The van der Waals surface area contributed by atoms with Crippen LogP contribution in [0.2, 0.25) is 0 Å². The molecule has 17 atom stereocenters. The number of nitrogens with zero attached hydrogens (tertiary/aromatic N) is 1. The molecule has 20 N–H and O–H groups in total. The minimum absolute atomic E-state index is 0. The molecule has 0 radical (unpaired) electrons. The number of aliphatic hydroxyl groups excluding tert-OH is 10. The number of β-amino-alcohol motifs (C(OH)–C–C–N with tert-alkyl or cyclic N) is 1. The number of hydrogen-bond acceptors (Lipinski definition) is 31. The molecule has 4 heterocycles. The zero-order chi connectivity index (χ0) is 91.4. The van der Waals surface area contributed by atoms with Crippen molar-refractivity contribution in [3.05, 3.63) is 0 Å². The number of amides is 11. The van der Waals surface area contributed by atoms with E-state index in [0.29, 0.717) is 90.2 Å². The Bertz CT molecular complexity index is 2870. The van der Waals surface area contributed by atoms with Gasteiger partial charge in [0.2, 0.25) is 65.0 Å². The molecule has 0 aliphatic carbocycles. The Hall–Kier alpha value is -6.63. The number of aliphatic hydroxyl groups is 10. The van der Waals surface area contributed by atoms with Gasteiger partial charge in [-0.05, 0) is 97.8 Å². The first-order chi connectivity index (χ1) is 59.2. The molecule has 0 saturated carbocycles. The molecule has 0 spiro atoms. The van der Waals surface area contributed by atoms with E-state index in [-0.39, 0.29) is 210 Å². The molecule has 724 valence electrons. The molecule has 4 rings (SSSR count). The molecule has 4 saturated heterocycles. The molecule has 4 aliphatic heterocycles. The Kier molecular flexibility index (Phi) is 57.1. The van der Waals surface area contributed by atoms with Crippen LogP contribution in [0, 0.1) is 0 Å². The van der Waals surface area contributed by atoms with Crippen LogP contribution >= 0.6 is 0 Å². The number of nitrogens with one attached hydrogen (secondary N) is 10. The molecule has 0 aromatic rings. The number of carbonyl (C=O) groups excluding carboxylic acids is 11. The fourth-order valence-electron chi connectivity index (χ4n) is 14.1. The SMILES string of the molecule is C.CC(=O)NC1C(OCCCCC(=O)NCCCNC(=O)CCOCC(COCCC(=O)NCCCNC(=O)CCCCOC2OC(CO)C(O)C(O)C2NC(C)=O)(COCCC(=O)NCCCNC(=O)CCCCOC2OC(CO)C(O)C(O)C2NC(C)=O)NC(=O)CCCCCCCCCCC(=O)N2C[C@H](O)C[C@H]2COC(C)(C)C)OC(CO)C(O)C1O. The van der Waals surface area contributed by atoms with Gasteiger partial charge in [-0.15, -0.1) is 0 Å². The summed E-state index contributed by atoms with van der Waals surface area (Å²) in [6.07, 6.45) is -5.30. The van der Waals surface area contributed by atoms with E-state index in [9.17, 15) is 104 Å². The molecule has 42 heteroatoms. The topological polar surface area (TPSA) is 606 Å². The van der Waals surface area contributed by atoms with Crippen LogP contribution in [0.4, 0.5) is 0 Å². The summed E-state index contributed by atoms with van der Waals surface area (Å²) in [6, 6.07) is -3.46. The third kappa shape index (κ3) is 46.5. The maximum absolute atomic E-state index is 14.1. The van der Waals surface area contributed by atoms with E-state index in [0.717, 1.165) is 44.9 Å². The van der Waals surface area contributed by atoms with Crippen molar-refractivity contribution in [2.24, 2.45) is 0 Å². The van der Waals surface area contributed by atoms with Gasteiger partial charge < -0.3 is 157 Å². The average Bonchev–Trinajstić information content (AvgIpc) is 1.36. The average molecular weight is 1800 g/mol. The van der Waals surface area contributed by atoms with Gasteiger partial charge in [0.15, 0.2) is 18.9 Å². The molecule has 4 aliphatic rings. The molecule has 125 heavy (non-hydrogen) atoms. The van der Waals surface area contributed by atoms with Gasteiger partial charge in [-0.25, -0.2) is 0 Å². The van der Waals surface area contributed by atoms with Crippen molar-refractivity contribution in [2.75, 3.05) is 132 Å². The predicted octanol–water partition coefficient (Wildman–Crippen LogP) is -3.37. The van der Waals surface area contributed by atoms with Crippen LogP contribution in [-0.4, -0.2) is 368 Å². The number of rotatable bonds is 65. The largest absolute Gasteiger partial charge is 0.394 e. The summed E-state index contributed by atoms with van der Waals surface area (Å²) >= 11 is 0. The van der Waals surface area contributed by atoms with Crippen LogP contribution in [-0.2, 0) is 100 Å². The normalized spacial score (nSPS) is 24.8. The van der Waals surface area contributed by atoms with Crippen molar-refractivity contribution in [1.82, 2.24) is 58.1 Å². The quantitative estimate of drug-likeness (QED) is 0.0264. The first-order valence-corrected chi connectivity index (χ1v) is 44.0. The van der Waals surface area contributed by atoms with E-state index in [1.807, 2.05) is 20.8 Å². The smallest absolute Gasteiger partial charge is 0.222 e. The first-order valence-electron chi connectivity index (χ1n) is 44.0. The molecule has 4 fully saturated rings. The summed E-state index contributed by atoms with van der Waals surface area (Å²) in [7, 11) is 0. The van der Waals surface area contributed by atoms with Crippen molar-refractivity contribution in [2.45, 2.75) is 331 Å². The zero-order valence-electron chi connectivity index (χ0n) is 73.3. The van der Waals surface area contributed by atoms with Gasteiger partial charge in [0.05, 0.1) is 83.8 Å². The summed E-state index contributed by atoms with van der Waals surface area (Å²) in [5.74, 6) is -3.74. The summed E-state index contributed by atoms with van der Waals surface area (Å²) < 4.78 is 58.2. The molecule has 0 aromatic carbocycles. The van der Waals surface area contributed by atoms with Gasteiger partial charge in [0.25, 0.3) is 0 Å². The van der Waals surface area contributed by atoms with E-state index < -0.39 is 141 Å². The Morgan fingerprint density at radius 2 is 0.656 bits per heavy atom. The molecular formula is C83H151N11O31. The fourth-order valence-corrected chi connectivity index (χ4v) is 14.1. The third-order valence-electron chi connectivity index (χ3n) is 20.9. The molecule has 11 amide bonds.